The highest BCUT2D eigenvalue weighted by atomic mass is 19.2. The van der Waals surface area contributed by atoms with Crippen LogP contribution in [0.15, 0.2) is 36.4 Å². The van der Waals surface area contributed by atoms with Crippen LogP contribution in [0.4, 0.5) is 17.6 Å². The summed E-state index contributed by atoms with van der Waals surface area (Å²) in [6, 6.07) is 5.59. The standard InChI is InChI=1S/C18H14F4N2O2/c19-12-2-3-13(15(21)10-12)18(26)24-7-5-23(6-8-24)17(25)11-1-4-14(20)16(22)9-11/h1-4,9-10H,5-8H2. The average molecular weight is 366 g/mol. The zero-order chi connectivity index (χ0) is 18.8. The monoisotopic (exact) mass is 366 g/mol. The van der Waals surface area contributed by atoms with Gasteiger partial charge in [0.15, 0.2) is 11.6 Å². The quantitative estimate of drug-likeness (QED) is 0.767. The Hall–Kier alpha value is -2.90. The molecule has 1 aliphatic heterocycles. The number of carbonyl (C=O) groups excluding carboxylic acids is 2. The fraction of sp³-hybridized carbons (Fsp3) is 0.222. The van der Waals surface area contributed by atoms with Crippen LogP contribution in [0.1, 0.15) is 20.7 Å². The first-order valence-electron chi connectivity index (χ1n) is 7.85. The second-order valence-electron chi connectivity index (χ2n) is 5.84. The largest absolute Gasteiger partial charge is 0.335 e. The Morgan fingerprint density at radius 2 is 1.31 bits per heavy atom. The molecular formula is C18H14F4N2O2. The molecule has 1 heterocycles. The van der Waals surface area contributed by atoms with Crippen LogP contribution in [0.3, 0.4) is 0 Å². The van der Waals surface area contributed by atoms with E-state index in [2.05, 4.69) is 0 Å². The van der Waals surface area contributed by atoms with Gasteiger partial charge >= 0.3 is 0 Å². The van der Waals surface area contributed by atoms with Crippen LogP contribution in [-0.2, 0) is 0 Å². The highest BCUT2D eigenvalue weighted by molar-refractivity contribution is 5.96. The molecule has 0 radical (unpaired) electrons. The Morgan fingerprint density at radius 1 is 0.692 bits per heavy atom. The van der Waals surface area contributed by atoms with Crippen molar-refractivity contribution in [2.75, 3.05) is 26.2 Å². The van der Waals surface area contributed by atoms with Crippen LogP contribution >= 0.6 is 0 Å². The third kappa shape index (κ3) is 3.54. The van der Waals surface area contributed by atoms with E-state index < -0.39 is 35.1 Å². The van der Waals surface area contributed by atoms with Crippen LogP contribution in [0.25, 0.3) is 0 Å². The van der Waals surface area contributed by atoms with Crippen molar-refractivity contribution in [3.63, 3.8) is 0 Å². The third-order valence-corrected chi connectivity index (χ3v) is 4.18. The van der Waals surface area contributed by atoms with Gasteiger partial charge in [0.2, 0.25) is 0 Å². The summed E-state index contributed by atoms with van der Waals surface area (Å²) < 4.78 is 52.9. The van der Waals surface area contributed by atoms with Crippen LogP contribution in [-0.4, -0.2) is 47.8 Å². The molecule has 136 valence electrons. The van der Waals surface area contributed by atoms with Gasteiger partial charge in [0.05, 0.1) is 5.56 Å². The number of nitrogens with zero attached hydrogens (tertiary/aromatic N) is 2. The first kappa shape index (κ1) is 17.9. The minimum Gasteiger partial charge on any atom is -0.335 e. The van der Waals surface area contributed by atoms with Crippen molar-refractivity contribution in [2.24, 2.45) is 0 Å². The van der Waals surface area contributed by atoms with Gasteiger partial charge < -0.3 is 9.80 Å². The van der Waals surface area contributed by atoms with E-state index in [0.29, 0.717) is 6.07 Å². The maximum Gasteiger partial charge on any atom is 0.256 e. The highest BCUT2D eigenvalue weighted by Crippen LogP contribution is 2.16. The summed E-state index contributed by atoms with van der Waals surface area (Å²) in [5.74, 6) is -4.96. The van der Waals surface area contributed by atoms with Crippen LogP contribution in [0.5, 0.6) is 0 Å². The van der Waals surface area contributed by atoms with Crippen molar-refractivity contribution in [3.8, 4) is 0 Å². The summed E-state index contributed by atoms with van der Waals surface area (Å²) in [5, 5.41) is 0. The van der Waals surface area contributed by atoms with Gasteiger partial charge in [0, 0.05) is 37.8 Å². The van der Waals surface area contributed by atoms with E-state index in [9.17, 15) is 27.2 Å². The van der Waals surface area contributed by atoms with Gasteiger partial charge in [0.25, 0.3) is 11.8 Å². The summed E-state index contributed by atoms with van der Waals surface area (Å²) in [6.45, 7) is 0.606. The summed E-state index contributed by atoms with van der Waals surface area (Å²) >= 11 is 0. The van der Waals surface area contributed by atoms with E-state index in [1.165, 1.54) is 15.9 Å². The summed E-state index contributed by atoms with van der Waals surface area (Å²) in [4.78, 5) is 27.4. The Kier molecular flexibility index (Phi) is 4.92. The molecule has 2 aromatic rings. The van der Waals surface area contributed by atoms with Gasteiger partial charge in [-0.15, -0.1) is 0 Å². The SMILES string of the molecule is O=C(c1ccc(F)c(F)c1)N1CCN(C(=O)c2ccc(F)cc2F)CC1. The number of piperazine rings is 1. The third-order valence-electron chi connectivity index (χ3n) is 4.18. The molecule has 0 N–H and O–H groups in total. The lowest BCUT2D eigenvalue weighted by atomic mass is 10.1. The van der Waals surface area contributed by atoms with Crippen molar-refractivity contribution in [1.29, 1.82) is 0 Å². The normalized spacial score (nSPS) is 14.5. The summed E-state index contributed by atoms with van der Waals surface area (Å²) in [7, 11) is 0. The molecule has 3 rings (SSSR count). The van der Waals surface area contributed by atoms with Crippen molar-refractivity contribution in [1.82, 2.24) is 9.80 Å². The molecule has 8 heteroatoms. The number of amides is 2. The topological polar surface area (TPSA) is 40.6 Å². The van der Waals surface area contributed by atoms with Crippen LogP contribution in [0, 0.1) is 23.3 Å². The van der Waals surface area contributed by atoms with E-state index in [1.807, 2.05) is 0 Å². The predicted molar refractivity (Wildman–Crippen MR) is 84.5 cm³/mol. The van der Waals surface area contributed by atoms with Gasteiger partial charge in [-0.1, -0.05) is 0 Å². The number of halogens is 4. The lowest BCUT2D eigenvalue weighted by Gasteiger charge is -2.35. The fourth-order valence-electron chi connectivity index (χ4n) is 2.76. The van der Waals surface area contributed by atoms with E-state index >= 15 is 0 Å². The molecule has 0 bridgehead atoms. The number of carbonyl (C=O) groups is 2. The Balaban J connectivity index is 1.66. The van der Waals surface area contributed by atoms with Crippen molar-refractivity contribution < 1.29 is 27.2 Å². The molecule has 0 unspecified atom stereocenters. The maximum absolute atomic E-state index is 13.7. The molecule has 4 nitrogen and oxygen atoms in total. The van der Waals surface area contributed by atoms with Crippen LogP contribution in [0.2, 0.25) is 0 Å². The molecule has 0 aliphatic carbocycles. The van der Waals surface area contributed by atoms with E-state index in [1.54, 1.807) is 0 Å². The minimum absolute atomic E-state index is 0.00764. The maximum atomic E-state index is 13.7. The molecule has 1 fully saturated rings. The minimum atomic E-state index is -1.11. The molecule has 0 saturated carbocycles. The average Bonchev–Trinajstić information content (AvgIpc) is 2.63. The molecule has 1 saturated heterocycles. The van der Waals surface area contributed by atoms with E-state index in [4.69, 9.17) is 0 Å². The number of benzene rings is 2. The number of hydrogen-bond donors (Lipinski definition) is 0. The molecule has 0 atom stereocenters. The highest BCUT2D eigenvalue weighted by Gasteiger charge is 2.27. The zero-order valence-corrected chi connectivity index (χ0v) is 13.5. The smallest absolute Gasteiger partial charge is 0.256 e. The molecule has 0 aromatic heterocycles. The van der Waals surface area contributed by atoms with Crippen molar-refractivity contribution in [3.05, 3.63) is 70.8 Å². The zero-order valence-electron chi connectivity index (χ0n) is 13.5. The predicted octanol–water partition coefficient (Wildman–Crippen LogP) is 2.84. The molecule has 1 aliphatic rings. The van der Waals surface area contributed by atoms with Crippen molar-refractivity contribution in [2.45, 2.75) is 0 Å². The lowest BCUT2D eigenvalue weighted by Crippen LogP contribution is -2.50. The van der Waals surface area contributed by atoms with E-state index in [-0.39, 0.29) is 37.3 Å². The second-order valence-corrected chi connectivity index (χ2v) is 5.84. The first-order chi connectivity index (χ1) is 12.4. The molecular weight excluding hydrogens is 352 g/mol. The van der Waals surface area contributed by atoms with Crippen LogP contribution < -0.4 is 0 Å². The van der Waals surface area contributed by atoms with Gasteiger partial charge in [-0.25, -0.2) is 17.6 Å². The van der Waals surface area contributed by atoms with Gasteiger partial charge in [-0.05, 0) is 30.3 Å². The number of hydrogen-bond acceptors (Lipinski definition) is 2. The van der Waals surface area contributed by atoms with Crippen molar-refractivity contribution >= 4 is 11.8 Å². The Morgan fingerprint density at radius 3 is 1.88 bits per heavy atom. The lowest BCUT2D eigenvalue weighted by molar-refractivity contribution is 0.0532. The van der Waals surface area contributed by atoms with E-state index in [0.717, 1.165) is 24.3 Å². The molecule has 2 amide bonds. The first-order valence-corrected chi connectivity index (χ1v) is 7.85. The molecule has 2 aromatic carbocycles. The van der Waals surface area contributed by atoms with Gasteiger partial charge in [-0.2, -0.15) is 0 Å². The second kappa shape index (κ2) is 7.15. The fourth-order valence-corrected chi connectivity index (χ4v) is 2.76. The summed E-state index contributed by atoms with van der Waals surface area (Å²) in [5.41, 5.74) is -0.236. The summed E-state index contributed by atoms with van der Waals surface area (Å²) in [6.07, 6.45) is 0. The molecule has 26 heavy (non-hydrogen) atoms. The van der Waals surface area contributed by atoms with Gasteiger partial charge in [-0.3, -0.25) is 9.59 Å². The Labute approximate surface area is 146 Å². The number of rotatable bonds is 2. The Bertz CT molecular complexity index is 864. The molecule has 0 spiro atoms. The van der Waals surface area contributed by atoms with Gasteiger partial charge in [0.1, 0.15) is 11.6 Å².